The molecule has 42 heavy (non-hydrogen) atoms. The number of nitrogens with two attached hydrogens (primary N) is 1. The van der Waals surface area contributed by atoms with Crippen molar-refractivity contribution in [3.05, 3.63) is 136 Å². The van der Waals surface area contributed by atoms with Crippen LogP contribution in [-0.4, -0.2) is 37.6 Å². The van der Waals surface area contributed by atoms with Crippen molar-refractivity contribution >= 4 is 11.8 Å². The highest BCUT2D eigenvalue weighted by molar-refractivity contribution is 6.11. The molecule has 218 valence electrons. The van der Waals surface area contributed by atoms with Crippen molar-refractivity contribution in [2.24, 2.45) is 5.73 Å². The monoisotopic (exact) mass is 572 g/mol. The number of aryl methyl sites for hydroxylation is 2. The van der Waals surface area contributed by atoms with E-state index in [0.29, 0.717) is 34.5 Å². The molecule has 0 aliphatic rings. The van der Waals surface area contributed by atoms with E-state index in [0.717, 1.165) is 17.2 Å². The van der Waals surface area contributed by atoms with Crippen molar-refractivity contribution in [3.63, 3.8) is 0 Å². The van der Waals surface area contributed by atoms with Gasteiger partial charge in [-0.25, -0.2) is 13.6 Å². The summed E-state index contributed by atoms with van der Waals surface area (Å²) in [6, 6.07) is 22.0. The van der Waals surface area contributed by atoms with Crippen molar-refractivity contribution in [1.29, 1.82) is 0 Å². The van der Waals surface area contributed by atoms with Crippen molar-refractivity contribution < 1.29 is 27.8 Å². The van der Waals surface area contributed by atoms with Crippen LogP contribution < -0.4 is 15.8 Å². The molecule has 0 saturated carbocycles. The van der Waals surface area contributed by atoms with Crippen LogP contribution in [-0.2, 0) is 17.7 Å². The molecule has 3 N–H and O–H groups in total. The first-order valence-electron chi connectivity index (χ1n) is 13.6. The van der Waals surface area contributed by atoms with Gasteiger partial charge in [0.25, 0.3) is 0 Å². The molecule has 0 bridgehead atoms. The molecular formula is C34H34F2N2O4. The third-order valence-electron chi connectivity index (χ3n) is 6.90. The van der Waals surface area contributed by atoms with E-state index in [1.807, 2.05) is 43.3 Å². The predicted molar refractivity (Wildman–Crippen MR) is 158 cm³/mol. The van der Waals surface area contributed by atoms with Gasteiger partial charge in [0.15, 0.2) is 5.78 Å². The van der Waals surface area contributed by atoms with Crippen molar-refractivity contribution in [2.75, 3.05) is 13.7 Å². The third kappa shape index (κ3) is 8.09. The van der Waals surface area contributed by atoms with Crippen LogP contribution >= 0.6 is 0 Å². The fourth-order valence-corrected chi connectivity index (χ4v) is 4.77. The molecule has 0 aliphatic heterocycles. The molecule has 0 aliphatic carbocycles. The average molecular weight is 573 g/mol. The molecule has 0 heterocycles. The SMILES string of the molecule is COc1cccc(CNC[C@@H](OC(=O)c2cc(C)cc(C(=O)c3ccccc3C)c2)[C@@H](N)Cc2cc(F)cc(F)c2)c1. The van der Waals surface area contributed by atoms with Gasteiger partial charge in [-0.2, -0.15) is 0 Å². The highest BCUT2D eigenvalue weighted by atomic mass is 19.1. The Bertz CT molecular complexity index is 1550. The van der Waals surface area contributed by atoms with Gasteiger partial charge in [0.1, 0.15) is 23.5 Å². The molecule has 4 aromatic rings. The minimum Gasteiger partial charge on any atom is -0.497 e. The Morgan fingerprint density at radius 3 is 2.29 bits per heavy atom. The van der Waals surface area contributed by atoms with Crippen LogP contribution in [0.1, 0.15) is 48.5 Å². The predicted octanol–water partition coefficient (Wildman–Crippen LogP) is 5.71. The number of hydrogen-bond donors (Lipinski definition) is 2. The van der Waals surface area contributed by atoms with E-state index in [9.17, 15) is 18.4 Å². The van der Waals surface area contributed by atoms with Crippen LogP contribution in [0.2, 0.25) is 0 Å². The lowest BCUT2D eigenvalue weighted by atomic mass is 9.96. The van der Waals surface area contributed by atoms with Crippen molar-refractivity contribution in [3.8, 4) is 5.75 Å². The summed E-state index contributed by atoms with van der Waals surface area (Å²) in [4.78, 5) is 26.7. The second kappa shape index (κ2) is 14.0. The fraction of sp³-hybridized carbons (Fsp3) is 0.235. The highest BCUT2D eigenvalue weighted by Crippen LogP contribution is 2.19. The second-order valence-electron chi connectivity index (χ2n) is 10.3. The van der Waals surface area contributed by atoms with Crippen LogP contribution in [0.4, 0.5) is 8.78 Å². The summed E-state index contributed by atoms with van der Waals surface area (Å²) in [6.07, 6.45) is -0.788. The van der Waals surface area contributed by atoms with E-state index >= 15 is 0 Å². The first-order valence-corrected chi connectivity index (χ1v) is 13.6. The zero-order chi connectivity index (χ0) is 30.2. The van der Waals surface area contributed by atoms with Gasteiger partial charge >= 0.3 is 5.97 Å². The number of ketones is 1. The Balaban J connectivity index is 1.54. The van der Waals surface area contributed by atoms with E-state index in [-0.39, 0.29) is 24.3 Å². The van der Waals surface area contributed by atoms with E-state index in [2.05, 4.69) is 5.32 Å². The first kappa shape index (κ1) is 30.6. The Kier molecular flexibility index (Phi) is 10.2. The number of methoxy groups -OCH3 is 1. The lowest BCUT2D eigenvalue weighted by Crippen LogP contribution is -2.46. The summed E-state index contributed by atoms with van der Waals surface area (Å²) < 4.78 is 38.8. The summed E-state index contributed by atoms with van der Waals surface area (Å²) in [5.74, 6) is -1.59. The number of hydrogen-bond acceptors (Lipinski definition) is 6. The number of carbonyl (C=O) groups excluding carboxylic acids is 2. The first-order chi connectivity index (χ1) is 20.1. The van der Waals surface area contributed by atoms with Crippen LogP contribution in [0, 0.1) is 25.5 Å². The normalized spacial score (nSPS) is 12.4. The fourth-order valence-electron chi connectivity index (χ4n) is 4.77. The van der Waals surface area contributed by atoms with Gasteiger partial charge in [-0.05, 0) is 85.0 Å². The number of rotatable bonds is 12. The highest BCUT2D eigenvalue weighted by Gasteiger charge is 2.25. The lowest BCUT2D eigenvalue weighted by molar-refractivity contribution is 0.0238. The average Bonchev–Trinajstić information content (AvgIpc) is 2.95. The van der Waals surface area contributed by atoms with Gasteiger partial charge in [-0.1, -0.05) is 36.4 Å². The van der Waals surface area contributed by atoms with Crippen LogP contribution in [0.5, 0.6) is 5.75 Å². The molecule has 0 spiro atoms. The lowest BCUT2D eigenvalue weighted by Gasteiger charge is -2.25. The van der Waals surface area contributed by atoms with E-state index in [1.165, 1.54) is 18.2 Å². The number of benzene rings is 4. The van der Waals surface area contributed by atoms with Gasteiger partial charge in [0.2, 0.25) is 0 Å². The molecule has 8 heteroatoms. The maximum Gasteiger partial charge on any atom is 0.338 e. The Morgan fingerprint density at radius 1 is 0.857 bits per heavy atom. The summed E-state index contributed by atoms with van der Waals surface area (Å²) >= 11 is 0. The molecule has 4 aromatic carbocycles. The topological polar surface area (TPSA) is 90.6 Å². The maximum absolute atomic E-state index is 13.8. The van der Waals surface area contributed by atoms with E-state index in [4.69, 9.17) is 15.2 Å². The molecule has 0 radical (unpaired) electrons. The standard InChI is InChI=1S/C34H34F2N2O4/c1-21-11-25(33(39)30-10-5-4-7-22(30)2)17-26(12-21)34(40)42-32(20-38-19-23-8-6-9-29(15-23)41-3)31(37)16-24-13-27(35)18-28(36)14-24/h4-15,17-18,31-32,38H,16,19-20,37H2,1-3H3/t31-,32+/m0/s1. The Hall–Kier alpha value is -4.40. The van der Waals surface area contributed by atoms with Crippen molar-refractivity contribution in [1.82, 2.24) is 5.32 Å². The molecule has 0 saturated heterocycles. The molecule has 0 amide bonds. The summed E-state index contributed by atoms with van der Waals surface area (Å²) in [6.45, 7) is 4.25. The second-order valence-corrected chi connectivity index (χ2v) is 10.3. The van der Waals surface area contributed by atoms with Gasteiger partial charge in [0, 0.05) is 36.3 Å². The summed E-state index contributed by atoms with van der Waals surface area (Å²) in [5, 5.41) is 3.25. The Morgan fingerprint density at radius 2 is 1.57 bits per heavy atom. The number of nitrogens with one attached hydrogen (secondary N) is 1. The molecule has 0 fully saturated rings. The Labute approximate surface area is 244 Å². The molecule has 6 nitrogen and oxygen atoms in total. The van der Waals surface area contributed by atoms with Gasteiger partial charge in [0.05, 0.1) is 12.7 Å². The van der Waals surface area contributed by atoms with E-state index in [1.54, 1.807) is 38.3 Å². The summed E-state index contributed by atoms with van der Waals surface area (Å²) in [7, 11) is 1.58. The minimum absolute atomic E-state index is 0.0678. The largest absolute Gasteiger partial charge is 0.497 e. The molecule has 4 rings (SSSR count). The molecular weight excluding hydrogens is 538 g/mol. The molecule has 0 aromatic heterocycles. The number of halogens is 2. The number of esters is 1. The molecule has 2 atom stereocenters. The van der Waals surface area contributed by atoms with Gasteiger partial charge < -0.3 is 20.5 Å². The van der Waals surface area contributed by atoms with Gasteiger partial charge in [-0.3, -0.25) is 4.79 Å². The van der Waals surface area contributed by atoms with Crippen molar-refractivity contribution in [2.45, 2.75) is 39.0 Å². The number of carbonyl (C=O) groups is 2. The summed E-state index contributed by atoms with van der Waals surface area (Å²) in [5.41, 5.74) is 10.4. The maximum atomic E-state index is 13.8. The zero-order valence-electron chi connectivity index (χ0n) is 23.8. The van der Waals surface area contributed by atoms with Crippen LogP contribution in [0.25, 0.3) is 0 Å². The van der Waals surface area contributed by atoms with Gasteiger partial charge in [-0.15, -0.1) is 0 Å². The quantitative estimate of drug-likeness (QED) is 0.167. The smallest absolute Gasteiger partial charge is 0.338 e. The van der Waals surface area contributed by atoms with E-state index < -0.39 is 29.7 Å². The molecule has 0 unspecified atom stereocenters. The number of ether oxygens (including phenoxy) is 2. The third-order valence-corrected chi connectivity index (χ3v) is 6.90. The minimum atomic E-state index is -0.856. The zero-order valence-corrected chi connectivity index (χ0v) is 23.8. The van der Waals surface area contributed by atoms with Crippen LogP contribution in [0.3, 0.4) is 0 Å². The van der Waals surface area contributed by atoms with Crippen LogP contribution in [0.15, 0.2) is 84.9 Å².